The van der Waals surface area contributed by atoms with Gasteiger partial charge in [0.15, 0.2) is 5.60 Å². The highest BCUT2D eigenvalue weighted by Gasteiger charge is 2.31. The fourth-order valence-electron chi connectivity index (χ4n) is 1.36. The Bertz CT molecular complexity index is 357. The lowest BCUT2D eigenvalue weighted by molar-refractivity contribution is -0.162. The molecule has 0 aliphatic rings. The van der Waals surface area contributed by atoms with Gasteiger partial charge in [-0.2, -0.15) is 0 Å². The van der Waals surface area contributed by atoms with Crippen LogP contribution in [0.4, 0.5) is 0 Å². The third kappa shape index (κ3) is 3.51. The molecule has 0 saturated heterocycles. The molecule has 88 valence electrons. The van der Waals surface area contributed by atoms with Crippen molar-refractivity contribution in [1.82, 2.24) is 0 Å². The van der Waals surface area contributed by atoms with E-state index in [1.54, 1.807) is 31.2 Å². The van der Waals surface area contributed by atoms with Crippen LogP contribution in [0.1, 0.15) is 19.4 Å². The Morgan fingerprint density at radius 3 is 2.50 bits per heavy atom. The number of benzene rings is 1. The lowest BCUT2D eigenvalue weighted by Crippen LogP contribution is -2.39. The molecule has 16 heavy (non-hydrogen) atoms. The molecule has 0 aromatic heterocycles. The zero-order chi connectivity index (χ0) is 12.2. The molecule has 0 aliphatic heterocycles. The third-order valence-electron chi connectivity index (χ3n) is 2.18. The first-order valence-corrected chi connectivity index (χ1v) is 5.47. The summed E-state index contributed by atoms with van der Waals surface area (Å²) in [5.41, 5.74) is -0.661. The van der Waals surface area contributed by atoms with Crippen molar-refractivity contribution in [2.24, 2.45) is 0 Å². The Morgan fingerprint density at radius 2 is 2.00 bits per heavy atom. The summed E-state index contributed by atoms with van der Waals surface area (Å²) < 4.78 is 4.79. The van der Waals surface area contributed by atoms with Crippen molar-refractivity contribution in [3.8, 4) is 0 Å². The molecule has 1 N–H and O–H groups in total. The minimum absolute atomic E-state index is 0.211. The molecule has 1 rings (SSSR count). The van der Waals surface area contributed by atoms with Crippen LogP contribution < -0.4 is 0 Å². The van der Waals surface area contributed by atoms with E-state index in [9.17, 15) is 9.90 Å². The topological polar surface area (TPSA) is 46.5 Å². The minimum atomic E-state index is -1.50. The molecule has 0 unspecified atom stereocenters. The Kier molecular flexibility index (Phi) is 4.33. The summed E-state index contributed by atoms with van der Waals surface area (Å²) in [6.07, 6.45) is 0.211. The van der Waals surface area contributed by atoms with Gasteiger partial charge < -0.3 is 9.84 Å². The highest BCUT2D eigenvalue weighted by molar-refractivity contribution is 6.30. The number of halogens is 1. The number of hydrogen-bond donors (Lipinski definition) is 1. The van der Waals surface area contributed by atoms with Gasteiger partial charge >= 0.3 is 5.97 Å². The predicted octanol–water partition coefficient (Wildman–Crippen LogP) is 2.20. The molecule has 1 aromatic rings. The highest BCUT2D eigenvalue weighted by atomic mass is 35.5. The Hall–Kier alpha value is -1.06. The molecular formula is C12H15ClO3. The second-order valence-electron chi connectivity index (χ2n) is 3.80. The predicted molar refractivity (Wildman–Crippen MR) is 62.4 cm³/mol. The summed E-state index contributed by atoms with van der Waals surface area (Å²) in [6, 6.07) is 6.99. The molecule has 0 bridgehead atoms. The second kappa shape index (κ2) is 5.32. The Morgan fingerprint density at radius 1 is 1.44 bits per heavy atom. The zero-order valence-corrected chi connectivity index (χ0v) is 10.1. The van der Waals surface area contributed by atoms with E-state index in [1.165, 1.54) is 6.92 Å². The summed E-state index contributed by atoms with van der Waals surface area (Å²) >= 11 is 5.74. The standard InChI is InChI=1S/C12H15ClO3/c1-3-16-11(14)12(2,15)8-9-4-6-10(13)7-5-9/h4-7,15H,3,8H2,1-2H3/t12-/m1/s1. The lowest BCUT2D eigenvalue weighted by atomic mass is 9.97. The molecule has 1 aromatic carbocycles. The van der Waals surface area contributed by atoms with Gasteiger partial charge in [-0.15, -0.1) is 0 Å². The van der Waals surface area contributed by atoms with Crippen LogP contribution in [0.25, 0.3) is 0 Å². The highest BCUT2D eigenvalue weighted by Crippen LogP contribution is 2.17. The number of rotatable bonds is 4. The SMILES string of the molecule is CCOC(=O)[C@](C)(O)Cc1ccc(Cl)cc1. The quantitative estimate of drug-likeness (QED) is 0.824. The monoisotopic (exact) mass is 242 g/mol. The second-order valence-corrected chi connectivity index (χ2v) is 4.23. The molecule has 1 atom stereocenters. The summed E-state index contributed by atoms with van der Waals surface area (Å²) in [4.78, 5) is 11.4. The van der Waals surface area contributed by atoms with E-state index in [0.717, 1.165) is 5.56 Å². The summed E-state index contributed by atoms with van der Waals surface area (Å²) in [5.74, 6) is -0.607. The van der Waals surface area contributed by atoms with E-state index in [1.807, 2.05) is 0 Å². The third-order valence-corrected chi connectivity index (χ3v) is 2.43. The van der Waals surface area contributed by atoms with Crippen molar-refractivity contribution in [3.63, 3.8) is 0 Å². The van der Waals surface area contributed by atoms with Gasteiger partial charge in [-0.1, -0.05) is 23.7 Å². The maximum atomic E-state index is 11.4. The number of esters is 1. The van der Waals surface area contributed by atoms with E-state index in [0.29, 0.717) is 5.02 Å². The van der Waals surface area contributed by atoms with Gasteiger partial charge in [0, 0.05) is 11.4 Å². The van der Waals surface area contributed by atoms with Crippen LogP contribution in [0, 0.1) is 0 Å². The van der Waals surface area contributed by atoms with Crippen molar-refractivity contribution in [2.75, 3.05) is 6.61 Å². The molecular weight excluding hydrogens is 228 g/mol. The maximum Gasteiger partial charge on any atom is 0.338 e. The van der Waals surface area contributed by atoms with Gasteiger partial charge in [-0.05, 0) is 31.5 Å². The molecule has 3 nitrogen and oxygen atoms in total. The Balaban J connectivity index is 2.72. The van der Waals surface area contributed by atoms with Crippen molar-refractivity contribution in [3.05, 3.63) is 34.9 Å². The smallest absolute Gasteiger partial charge is 0.338 e. The van der Waals surface area contributed by atoms with Crippen molar-refractivity contribution in [1.29, 1.82) is 0 Å². The largest absolute Gasteiger partial charge is 0.464 e. The molecule has 0 radical (unpaired) electrons. The van der Waals surface area contributed by atoms with Crippen LogP contribution in [0.15, 0.2) is 24.3 Å². The van der Waals surface area contributed by atoms with Gasteiger partial charge in [0.2, 0.25) is 0 Å². The van der Waals surface area contributed by atoms with Crippen molar-refractivity contribution < 1.29 is 14.6 Å². The molecule has 4 heteroatoms. The molecule has 0 fully saturated rings. The molecule has 0 heterocycles. The van der Waals surface area contributed by atoms with Crippen LogP contribution in [0.2, 0.25) is 5.02 Å². The number of carbonyl (C=O) groups is 1. The average molecular weight is 243 g/mol. The molecule has 0 spiro atoms. The number of carbonyl (C=O) groups excluding carboxylic acids is 1. The lowest BCUT2D eigenvalue weighted by Gasteiger charge is -2.20. The minimum Gasteiger partial charge on any atom is -0.464 e. The van der Waals surface area contributed by atoms with E-state index < -0.39 is 11.6 Å². The van der Waals surface area contributed by atoms with E-state index in [-0.39, 0.29) is 13.0 Å². The van der Waals surface area contributed by atoms with Crippen molar-refractivity contribution in [2.45, 2.75) is 25.9 Å². The first-order chi connectivity index (χ1) is 7.45. The van der Waals surface area contributed by atoms with Gasteiger partial charge in [0.25, 0.3) is 0 Å². The van der Waals surface area contributed by atoms with Gasteiger partial charge in [-0.25, -0.2) is 4.79 Å². The van der Waals surface area contributed by atoms with Gasteiger partial charge in [-0.3, -0.25) is 0 Å². The van der Waals surface area contributed by atoms with Crippen LogP contribution in [0.5, 0.6) is 0 Å². The zero-order valence-electron chi connectivity index (χ0n) is 9.37. The summed E-state index contributed by atoms with van der Waals surface area (Å²) in [5, 5.41) is 10.6. The number of ether oxygens (including phenoxy) is 1. The van der Waals surface area contributed by atoms with Gasteiger partial charge in [0.05, 0.1) is 6.61 Å². The number of hydrogen-bond acceptors (Lipinski definition) is 3. The van der Waals surface area contributed by atoms with Crippen LogP contribution in [0.3, 0.4) is 0 Å². The average Bonchev–Trinajstić information content (AvgIpc) is 2.21. The van der Waals surface area contributed by atoms with E-state index in [2.05, 4.69) is 0 Å². The summed E-state index contributed by atoms with van der Waals surface area (Å²) in [6.45, 7) is 3.41. The summed E-state index contributed by atoms with van der Waals surface area (Å²) in [7, 11) is 0. The van der Waals surface area contributed by atoms with Crippen LogP contribution in [-0.4, -0.2) is 23.3 Å². The fraction of sp³-hybridized carbons (Fsp3) is 0.417. The van der Waals surface area contributed by atoms with Crippen LogP contribution >= 0.6 is 11.6 Å². The Labute approximate surface area is 100.0 Å². The van der Waals surface area contributed by atoms with E-state index in [4.69, 9.17) is 16.3 Å². The first kappa shape index (κ1) is 13.0. The van der Waals surface area contributed by atoms with Crippen LogP contribution in [-0.2, 0) is 16.0 Å². The van der Waals surface area contributed by atoms with Crippen molar-refractivity contribution >= 4 is 17.6 Å². The molecule has 0 amide bonds. The molecule has 0 aliphatic carbocycles. The fourth-order valence-corrected chi connectivity index (χ4v) is 1.48. The van der Waals surface area contributed by atoms with E-state index >= 15 is 0 Å². The molecule has 0 saturated carbocycles. The normalized spacial score (nSPS) is 14.2. The first-order valence-electron chi connectivity index (χ1n) is 5.10. The number of aliphatic hydroxyl groups is 1. The van der Waals surface area contributed by atoms with Gasteiger partial charge in [0.1, 0.15) is 0 Å². The maximum absolute atomic E-state index is 11.4.